The molecule has 0 bridgehead atoms. The fraction of sp³-hybridized carbons (Fsp3) is 0.902. The van der Waals surface area contributed by atoms with Crippen LogP contribution in [0.3, 0.4) is 0 Å². The molecule has 0 heterocycles. The third-order valence-electron chi connectivity index (χ3n) is 18.9. The van der Waals surface area contributed by atoms with E-state index in [0.29, 0.717) is 25.7 Å². The Hall–Kier alpha value is -2.46. The minimum atomic E-state index is -4.97. The Morgan fingerprint density at radius 1 is 0.327 bits per heavy atom. The summed E-state index contributed by atoms with van der Waals surface area (Å²) in [5, 5.41) is 10.6. The summed E-state index contributed by atoms with van der Waals surface area (Å²) in [4.78, 5) is 73.0. The standard InChI is InChI=1S/C82H156O17P2/c1-7-10-12-14-16-18-20-22-24-25-26-27-28-29-30-32-34-38-42-46-54-60-66-81(86)98-77(70-92-79(84)64-58-52-45-41-37-33-31-23-21-19-17-15-13-11-8-2)72-96-100(88,89)94-68-76(83)69-95-101(90,91)97-73-78(71-93-80(85)65-59-53-49-48-51-57-63-75(6)9-3)99-82(87)67-61-55-47-43-39-35-36-40-44-50-56-62-74(4)5/h19,21,23,31,74-78,83H,7-18,20,22,24-30,32-73H2,1-6H3,(H,88,89)(H,90,91)/b21-19-,31-23-/t75?,76-,77-,78-/m1/s1. The van der Waals surface area contributed by atoms with Crippen molar-refractivity contribution < 1.29 is 80.2 Å². The van der Waals surface area contributed by atoms with Crippen molar-refractivity contribution in [3.05, 3.63) is 24.3 Å². The van der Waals surface area contributed by atoms with Gasteiger partial charge < -0.3 is 33.8 Å². The van der Waals surface area contributed by atoms with E-state index in [0.717, 1.165) is 127 Å². The van der Waals surface area contributed by atoms with E-state index in [4.69, 9.17) is 37.0 Å². The number of rotatable bonds is 79. The number of aliphatic hydroxyl groups excluding tert-OH is 1. The maximum Gasteiger partial charge on any atom is 0.472 e. The fourth-order valence-corrected chi connectivity index (χ4v) is 13.7. The van der Waals surface area contributed by atoms with E-state index in [1.165, 1.54) is 199 Å². The van der Waals surface area contributed by atoms with Crippen LogP contribution < -0.4 is 0 Å². The van der Waals surface area contributed by atoms with E-state index in [9.17, 15) is 43.2 Å². The highest BCUT2D eigenvalue weighted by molar-refractivity contribution is 7.47. The highest BCUT2D eigenvalue weighted by atomic mass is 31.2. The third-order valence-corrected chi connectivity index (χ3v) is 20.8. The molecule has 0 saturated heterocycles. The molecule has 3 N–H and O–H groups in total. The highest BCUT2D eigenvalue weighted by Crippen LogP contribution is 2.45. The summed E-state index contributed by atoms with van der Waals surface area (Å²) in [6.07, 6.45) is 66.2. The first kappa shape index (κ1) is 98.5. The third kappa shape index (κ3) is 74.2. The van der Waals surface area contributed by atoms with Gasteiger partial charge in [0.25, 0.3) is 0 Å². The minimum absolute atomic E-state index is 0.102. The largest absolute Gasteiger partial charge is 0.472 e. The van der Waals surface area contributed by atoms with Crippen molar-refractivity contribution in [1.29, 1.82) is 0 Å². The number of esters is 4. The van der Waals surface area contributed by atoms with Crippen molar-refractivity contribution in [1.82, 2.24) is 0 Å². The lowest BCUT2D eigenvalue weighted by atomic mass is 10.00. The molecular formula is C82H156O17P2. The molecule has 3 unspecified atom stereocenters. The SMILES string of the molecule is CCCCCC/C=C\C=C/CCCCCCCC(=O)OC[C@H](COP(=O)(O)OC[C@@H](O)COP(=O)(O)OC[C@@H](COC(=O)CCCCCCCCC(C)CC)OC(=O)CCCCCCCCCCCCCC(C)C)OC(=O)CCCCCCCCCCCCCCCCCCCCCCCC. The zero-order valence-corrected chi connectivity index (χ0v) is 67.5. The van der Waals surface area contributed by atoms with Gasteiger partial charge in [-0.1, -0.05) is 355 Å². The number of phosphoric acid groups is 2. The van der Waals surface area contributed by atoms with Gasteiger partial charge in [0, 0.05) is 25.7 Å². The van der Waals surface area contributed by atoms with Crippen molar-refractivity contribution in [2.45, 2.75) is 426 Å². The van der Waals surface area contributed by atoms with Crippen molar-refractivity contribution in [3.8, 4) is 0 Å². The predicted molar refractivity (Wildman–Crippen MR) is 414 cm³/mol. The Balaban J connectivity index is 5.24. The summed E-state index contributed by atoms with van der Waals surface area (Å²) in [6, 6.07) is 0. The van der Waals surface area contributed by atoms with Gasteiger partial charge in [-0.2, -0.15) is 0 Å². The number of allylic oxidation sites excluding steroid dienone is 4. The Morgan fingerprint density at radius 3 is 0.891 bits per heavy atom. The molecule has 0 spiro atoms. The molecule has 6 atom stereocenters. The lowest BCUT2D eigenvalue weighted by molar-refractivity contribution is -0.161. The van der Waals surface area contributed by atoms with E-state index in [-0.39, 0.29) is 25.7 Å². The lowest BCUT2D eigenvalue weighted by Gasteiger charge is -2.21. The van der Waals surface area contributed by atoms with Gasteiger partial charge in [0.05, 0.1) is 26.4 Å². The zero-order chi connectivity index (χ0) is 74.2. The number of unbranched alkanes of at least 4 members (excludes halogenated alkanes) is 45. The molecule has 0 aromatic rings. The molecule has 0 rings (SSSR count). The molecule has 0 fully saturated rings. The molecule has 19 heteroatoms. The normalized spacial score (nSPS) is 14.3. The molecular weight excluding hydrogens is 1320 g/mol. The summed E-state index contributed by atoms with van der Waals surface area (Å²) < 4.78 is 68.7. The van der Waals surface area contributed by atoms with Gasteiger partial charge in [0.15, 0.2) is 12.2 Å². The van der Waals surface area contributed by atoms with E-state index in [1.54, 1.807) is 0 Å². The van der Waals surface area contributed by atoms with Crippen LogP contribution >= 0.6 is 15.6 Å². The maximum atomic E-state index is 13.1. The molecule has 596 valence electrons. The topological polar surface area (TPSA) is 237 Å². The summed E-state index contributed by atoms with van der Waals surface area (Å²) in [5.41, 5.74) is 0. The average molecular weight is 1480 g/mol. The quantitative estimate of drug-likeness (QED) is 0.0169. The second-order valence-corrected chi connectivity index (χ2v) is 32.5. The van der Waals surface area contributed by atoms with Crippen LogP contribution in [0.25, 0.3) is 0 Å². The molecule has 0 radical (unpaired) electrons. The number of hydrogen-bond acceptors (Lipinski definition) is 15. The first-order valence-corrected chi connectivity index (χ1v) is 44.8. The number of carbonyl (C=O) groups is 4. The molecule has 0 aromatic heterocycles. The van der Waals surface area contributed by atoms with E-state index < -0.39 is 97.5 Å². The van der Waals surface area contributed by atoms with Crippen LogP contribution in [0.5, 0.6) is 0 Å². The van der Waals surface area contributed by atoms with Crippen molar-refractivity contribution >= 4 is 39.5 Å². The fourth-order valence-electron chi connectivity index (χ4n) is 12.1. The molecule has 0 aliphatic carbocycles. The summed E-state index contributed by atoms with van der Waals surface area (Å²) >= 11 is 0. The Bertz CT molecular complexity index is 2040. The van der Waals surface area contributed by atoms with Crippen molar-refractivity contribution in [2.75, 3.05) is 39.6 Å². The van der Waals surface area contributed by atoms with Crippen LogP contribution in [0.2, 0.25) is 0 Å². The molecule has 0 amide bonds. The van der Waals surface area contributed by atoms with Crippen LogP contribution in [0.15, 0.2) is 24.3 Å². The van der Waals surface area contributed by atoms with Gasteiger partial charge in [-0.3, -0.25) is 37.3 Å². The molecule has 17 nitrogen and oxygen atoms in total. The van der Waals surface area contributed by atoms with Gasteiger partial charge in [-0.25, -0.2) is 9.13 Å². The first-order valence-electron chi connectivity index (χ1n) is 41.8. The average Bonchev–Trinajstić information content (AvgIpc) is 0.955. The molecule has 101 heavy (non-hydrogen) atoms. The van der Waals surface area contributed by atoms with Gasteiger partial charge in [0.2, 0.25) is 0 Å². The van der Waals surface area contributed by atoms with Crippen LogP contribution in [-0.2, 0) is 65.4 Å². The van der Waals surface area contributed by atoms with E-state index in [1.807, 2.05) is 0 Å². The van der Waals surface area contributed by atoms with Gasteiger partial charge in [-0.15, -0.1) is 0 Å². The molecule has 0 aliphatic heterocycles. The lowest BCUT2D eigenvalue weighted by Crippen LogP contribution is -2.30. The Morgan fingerprint density at radius 2 is 0.584 bits per heavy atom. The minimum Gasteiger partial charge on any atom is -0.462 e. The van der Waals surface area contributed by atoms with E-state index in [2.05, 4.69) is 65.8 Å². The molecule has 0 aliphatic rings. The van der Waals surface area contributed by atoms with Crippen LogP contribution in [-0.4, -0.2) is 96.7 Å². The Kier molecular flexibility index (Phi) is 71.3. The highest BCUT2D eigenvalue weighted by Gasteiger charge is 2.30. The zero-order valence-electron chi connectivity index (χ0n) is 65.7. The van der Waals surface area contributed by atoms with Gasteiger partial charge in [-0.05, 0) is 63.2 Å². The van der Waals surface area contributed by atoms with Crippen LogP contribution in [0.4, 0.5) is 0 Å². The van der Waals surface area contributed by atoms with E-state index >= 15 is 0 Å². The number of phosphoric ester groups is 2. The molecule has 0 saturated carbocycles. The number of hydrogen-bond donors (Lipinski definition) is 3. The second-order valence-electron chi connectivity index (χ2n) is 29.5. The summed E-state index contributed by atoms with van der Waals surface area (Å²) in [6.45, 7) is 9.52. The van der Waals surface area contributed by atoms with Crippen LogP contribution in [0.1, 0.15) is 408 Å². The smallest absolute Gasteiger partial charge is 0.462 e. The summed E-state index contributed by atoms with van der Waals surface area (Å²) in [7, 11) is -9.93. The number of carbonyl (C=O) groups excluding carboxylic acids is 4. The first-order chi connectivity index (χ1) is 48.9. The number of ether oxygens (including phenoxy) is 4. The van der Waals surface area contributed by atoms with Gasteiger partial charge >= 0.3 is 39.5 Å². The maximum absolute atomic E-state index is 13.1. The van der Waals surface area contributed by atoms with Crippen molar-refractivity contribution in [3.63, 3.8) is 0 Å². The second kappa shape index (κ2) is 73.1. The molecule has 0 aromatic carbocycles. The predicted octanol–water partition coefficient (Wildman–Crippen LogP) is 24.2. The Labute approximate surface area is 618 Å². The monoisotopic (exact) mass is 1480 g/mol. The van der Waals surface area contributed by atoms with Crippen LogP contribution in [0, 0.1) is 11.8 Å². The van der Waals surface area contributed by atoms with Crippen molar-refractivity contribution in [2.24, 2.45) is 11.8 Å². The number of aliphatic hydroxyl groups is 1. The summed E-state index contributed by atoms with van der Waals surface area (Å²) in [5.74, 6) is -0.649. The van der Waals surface area contributed by atoms with Gasteiger partial charge in [0.1, 0.15) is 19.3 Å².